The zero-order chi connectivity index (χ0) is 29.5. The topological polar surface area (TPSA) is 85.2 Å². The van der Waals surface area contributed by atoms with Crippen molar-refractivity contribution in [3.63, 3.8) is 0 Å². The summed E-state index contributed by atoms with van der Waals surface area (Å²) >= 11 is 5.50. The van der Waals surface area contributed by atoms with Gasteiger partial charge in [-0.05, 0) is 46.7 Å². The maximum Gasteiger partial charge on any atom is 0.413 e. The number of amides is 1. The largest absolute Gasteiger partial charge is 0.444 e. The molecule has 10 heteroatoms. The van der Waals surface area contributed by atoms with Crippen molar-refractivity contribution in [3.8, 4) is 11.1 Å². The van der Waals surface area contributed by atoms with E-state index in [2.05, 4.69) is 15.7 Å². The molecule has 40 heavy (non-hydrogen) atoms. The van der Waals surface area contributed by atoms with Crippen molar-refractivity contribution >= 4 is 29.2 Å². The summed E-state index contributed by atoms with van der Waals surface area (Å²) in [6.45, 7) is 7.30. The number of nitrogens with zero attached hydrogens (tertiary/aromatic N) is 2. The Hall–Kier alpha value is -3.66. The van der Waals surface area contributed by atoms with Gasteiger partial charge in [0.2, 0.25) is 0 Å². The molecule has 0 aliphatic heterocycles. The Bertz CT molecular complexity index is 1300. The van der Waals surface area contributed by atoms with Gasteiger partial charge >= 0.3 is 12.6 Å². The number of carbonyl (C=O) groups is 2. The zero-order valence-electron chi connectivity index (χ0n) is 23.4. The predicted octanol–water partition coefficient (Wildman–Crippen LogP) is 6.99. The fourth-order valence-electron chi connectivity index (χ4n) is 4.51. The van der Waals surface area contributed by atoms with Crippen LogP contribution in [0.4, 0.5) is 13.6 Å². The monoisotopic (exact) mass is 570 g/mol. The number of nitrogens with one attached hydrogen (secondary N) is 2. The summed E-state index contributed by atoms with van der Waals surface area (Å²) < 4.78 is 31.9. The third-order valence-corrected chi connectivity index (χ3v) is 6.34. The number of rotatable bonds is 10. The Morgan fingerprint density at radius 1 is 1.02 bits per heavy atom. The Morgan fingerprint density at radius 3 is 2.23 bits per heavy atom. The molecular weight excluding hydrogens is 534 g/mol. The first kappa shape index (κ1) is 30.9. The molecule has 1 amide bonds. The van der Waals surface area contributed by atoms with Crippen LogP contribution in [0.1, 0.15) is 65.1 Å². The van der Waals surface area contributed by atoms with Crippen LogP contribution in [0, 0.1) is 11.3 Å². The van der Waals surface area contributed by atoms with E-state index in [9.17, 15) is 18.4 Å². The minimum Gasteiger partial charge on any atom is -0.444 e. The number of aromatic nitrogens is 2. The SMILES string of the molecule is CC(C)CC(=O)[C@](CC(C)(C)C)(NC(=S)NC(=O)OCc1ccccc1)c1ccc(-c2cnn(C(F)F)c2)cc1. The molecule has 7 nitrogen and oxygen atoms in total. The number of hydrogen-bond donors (Lipinski definition) is 2. The molecule has 0 radical (unpaired) electrons. The van der Waals surface area contributed by atoms with Crippen molar-refractivity contribution < 1.29 is 23.1 Å². The normalized spacial score (nSPS) is 13.1. The maximum atomic E-state index is 14.0. The quantitative estimate of drug-likeness (QED) is 0.256. The number of ether oxygens (including phenoxy) is 1. The van der Waals surface area contributed by atoms with Crippen LogP contribution in [-0.4, -0.2) is 26.8 Å². The van der Waals surface area contributed by atoms with Crippen LogP contribution in [0.3, 0.4) is 0 Å². The van der Waals surface area contributed by atoms with Crippen molar-refractivity contribution in [2.75, 3.05) is 0 Å². The number of carbonyl (C=O) groups excluding carboxylic acids is 2. The second-order valence-electron chi connectivity index (χ2n) is 11.4. The van der Waals surface area contributed by atoms with Crippen LogP contribution in [0.15, 0.2) is 67.0 Å². The highest BCUT2D eigenvalue weighted by molar-refractivity contribution is 7.80. The van der Waals surface area contributed by atoms with E-state index >= 15 is 0 Å². The first-order valence-corrected chi connectivity index (χ1v) is 13.5. The fourth-order valence-corrected chi connectivity index (χ4v) is 4.76. The van der Waals surface area contributed by atoms with Gasteiger partial charge in [0.25, 0.3) is 0 Å². The van der Waals surface area contributed by atoms with Crippen molar-refractivity contribution in [3.05, 3.63) is 78.1 Å². The minimum absolute atomic E-state index is 0.0401. The lowest BCUT2D eigenvalue weighted by atomic mass is 9.71. The van der Waals surface area contributed by atoms with E-state index in [1.54, 1.807) is 24.3 Å². The molecule has 214 valence electrons. The van der Waals surface area contributed by atoms with Crippen LogP contribution in [0.2, 0.25) is 0 Å². The van der Waals surface area contributed by atoms with Gasteiger partial charge in [0.15, 0.2) is 10.9 Å². The molecule has 0 spiro atoms. The van der Waals surface area contributed by atoms with E-state index in [0.717, 1.165) is 5.56 Å². The summed E-state index contributed by atoms with van der Waals surface area (Å²) in [7, 11) is 0. The second-order valence-corrected chi connectivity index (χ2v) is 11.8. The number of benzene rings is 2. The van der Waals surface area contributed by atoms with Gasteiger partial charge in [-0.15, -0.1) is 0 Å². The van der Waals surface area contributed by atoms with Gasteiger partial charge in [-0.3, -0.25) is 10.1 Å². The van der Waals surface area contributed by atoms with E-state index in [-0.39, 0.29) is 35.3 Å². The first-order valence-electron chi connectivity index (χ1n) is 13.1. The molecule has 1 aromatic heterocycles. The summed E-state index contributed by atoms with van der Waals surface area (Å²) in [5.74, 6) is -0.0111. The Kier molecular flexibility index (Phi) is 10.1. The van der Waals surface area contributed by atoms with E-state index in [1.165, 1.54) is 12.4 Å². The van der Waals surface area contributed by atoms with Crippen LogP contribution in [-0.2, 0) is 21.7 Å². The first-order chi connectivity index (χ1) is 18.8. The molecule has 2 aromatic carbocycles. The van der Waals surface area contributed by atoms with Crippen LogP contribution in [0.25, 0.3) is 11.1 Å². The number of alkyl carbamates (subject to hydrolysis) is 1. The number of ketones is 1. The smallest absolute Gasteiger partial charge is 0.413 e. The summed E-state index contributed by atoms with van der Waals surface area (Å²) in [5, 5.41) is 9.38. The molecule has 0 unspecified atom stereocenters. The lowest BCUT2D eigenvalue weighted by Gasteiger charge is -2.40. The number of thiocarbonyl (C=S) groups is 1. The van der Waals surface area contributed by atoms with Crippen molar-refractivity contribution in [2.45, 2.75) is 66.2 Å². The molecule has 0 bridgehead atoms. The summed E-state index contributed by atoms with van der Waals surface area (Å²) in [4.78, 5) is 26.5. The molecule has 0 aliphatic carbocycles. The average molecular weight is 571 g/mol. The van der Waals surface area contributed by atoms with Crippen LogP contribution >= 0.6 is 12.2 Å². The molecular formula is C30H36F2N4O3S. The standard InChI is InChI=1S/C30H36F2N4O3S/c1-20(2)15-25(37)30(19-29(3,4)5,35-27(40)34-28(38)39-18-21-9-7-6-8-10-21)24-13-11-22(12-14-24)23-16-33-36(17-23)26(31)32/h6-14,16-17,20,26H,15,18-19H2,1-5H3,(H2,34,35,38,40)/t30-/m1/s1. The van der Waals surface area contributed by atoms with Gasteiger partial charge in [0.05, 0.1) is 6.20 Å². The number of alkyl halides is 2. The summed E-state index contributed by atoms with van der Waals surface area (Å²) in [6, 6.07) is 16.3. The van der Waals surface area contributed by atoms with Crippen molar-refractivity contribution in [1.29, 1.82) is 0 Å². The van der Waals surface area contributed by atoms with Crippen molar-refractivity contribution in [1.82, 2.24) is 20.4 Å². The van der Waals surface area contributed by atoms with Crippen LogP contribution < -0.4 is 10.6 Å². The molecule has 0 aliphatic rings. The molecule has 3 rings (SSSR count). The Labute approximate surface area is 239 Å². The lowest BCUT2D eigenvalue weighted by Crippen LogP contribution is -2.57. The molecule has 1 heterocycles. The molecule has 0 saturated heterocycles. The van der Waals surface area contributed by atoms with Crippen molar-refractivity contribution in [2.24, 2.45) is 11.3 Å². The second kappa shape index (κ2) is 13.1. The van der Waals surface area contributed by atoms with E-state index < -0.39 is 18.2 Å². The summed E-state index contributed by atoms with van der Waals surface area (Å²) in [6.07, 6.45) is 2.53. The fraction of sp³-hybridized carbons (Fsp3) is 0.400. The minimum atomic E-state index is -2.74. The van der Waals surface area contributed by atoms with Crippen LogP contribution in [0.5, 0.6) is 0 Å². The molecule has 0 fully saturated rings. The highest BCUT2D eigenvalue weighted by Gasteiger charge is 2.43. The van der Waals surface area contributed by atoms with E-state index in [1.807, 2.05) is 65.0 Å². The highest BCUT2D eigenvalue weighted by atomic mass is 32.1. The lowest BCUT2D eigenvalue weighted by molar-refractivity contribution is -0.127. The van der Waals surface area contributed by atoms with Gasteiger partial charge in [0.1, 0.15) is 12.1 Å². The molecule has 2 N–H and O–H groups in total. The number of halogens is 2. The molecule has 3 aromatic rings. The molecule has 0 saturated carbocycles. The van der Waals surface area contributed by atoms with Gasteiger partial charge in [0, 0.05) is 18.2 Å². The Balaban J connectivity index is 1.91. The Morgan fingerprint density at radius 2 is 1.68 bits per heavy atom. The van der Waals surface area contributed by atoms with E-state index in [0.29, 0.717) is 27.8 Å². The average Bonchev–Trinajstić information content (AvgIpc) is 3.37. The van der Waals surface area contributed by atoms with Gasteiger partial charge in [-0.2, -0.15) is 13.9 Å². The highest BCUT2D eigenvalue weighted by Crippen LogP contribution is 2.38. The summed E-state index contributed by atoms with van der Waals surface area (Å²) in [5.41, 5.74) is 1.07. The predicted molar refractivity (Wildman–Crippen MR) is 155 cm³/mol. The third-order valence-electron chi connectivity index (χ3n) is 6.13. The van der Waals surface area contributed by atoms with Gasteiger partial charge < -0.3 is 10.1 Å². The number of Topliss-reactive ketones (excluding diaryl/α,β-unsaturated/α-hetero) is 1. The third kappa shape index (κ3) is 8.42. The molecule has 1 atom stereocenters. The van der Waals surface area contributed by atoms with Gasteiger partial charge in [-0.1, -0.05) is 89.2 Å². The zero-order valence-corrected chi connectivity index (χ0v) is 24.2. The number of hydrogen-bond acceptors (Lipinski definition) is 5. The van der Waals surface area contributed by atoms with E-state index in [4.69, 9.17) is 17.0 Å². The van der Waals surface area contributed by atoms with Gasteiger partial charge in [-0.25, -0.2) is 9.48 Å². The maximum absolute atomic E-state index is 14.0.